The van der Waals surface area contributed by atoms with Crippen LogP contribution in [0.25, 0.3) is 0 Å². The van der Waals surface area contributed by atoms with Gasteiger partial charge in [0.15, 0.2) is 0 Å². The van der Waals surface area contributed by atoms with Crippen LogP contribution in [0.1, 0.15) is 29.6 Å². The zero-order valence-corrected chi connectivity index (χ0v) is 10.7. The van der Waals surface area contributed by atoms with E-state index < -0.39 is 5.97 Å². The van der Waals surface area contributed by atoms with Gasteiger partial charge in [0.2, 0.25) is 0 Å². The summed E-state index contributed by atoms with van der Waals surface area (Å²) in [7, 11) is 0. The van der Waals surface area contributed by atoms with Crippen LogP contribution in [0.4, 0.5) is 5.69 Å². The molecule has 2 rings (SSSR count). The van der Waals surface area contributed by atoms with Crippen molar-refractivity contribution in [3.63, 3.8) is 0 Å². The molecule has 0 atom stereocenters. The lowest BCUT2D eigenvalue weighted by Gasteiger charge is -2.17. The van der Waals surface area contributed by atoms with Crippen LogP contribution in [0, 0.1) is 5.41 Å². The monoisotopic (exact) mass is 269 g/mol. The Morgan fingerprint density at radius 3 is 2.72 bits per heavy atom. The Labute approximate surface area is 111 Å². The molecule has 0 bridgehead atoms. The zero-order chi connectivity index (χ0) is 13.2. The normalized spacial score (nSPS) is 16.3. The Kier molecular flexibility index (Phi) is 3.78. The number of anilines is 1. The Bertz CT molecular complexity index is 458. The smallest absolute Gasteiger partial charge is 0.339 e. The van der Waals surface area contributed by atoms with Gasteiger partial charge in [-0.15, -0.1) is 0 Å². The fraction of sp³-hybridized carbons (Fsp3) is 0.462. The van der Waals surface area contributed by atoms with E-state index in [1.807, 2.05) is 0 Å². The van der Waals surface area contributed by atoms with Crippen LogP contribution in [0.2, 0.25) is 5.02 Å². The lowest BCUT2D eigenvalue weighted by Crippen LogP contribution is -2.18. The number of carboxylic acids is 1. The first kappa shape index (κ1) is 13.2. The maximum atomic E-state index is 11.1. The van der Waals surface area contributed by atoms with E-state index in [0.29, 0.717) is 12.2 Å². The minimum Gasteiger partial charge on any atom is -0.478 e. The number of aliphatic hydroxyl groups excluding tert-OH is 1. The number of halogens is 1. The van der Waals surface area contributed by atoms with Crippen LogP contribution < -0.4 is 5.32 Å². The molecule has 0 unspecified atom stereocenters. The topological polar surface area (TPSA) is 69.6 Å². The van der Waals surface area contributed by atoms with Gasteiger partial charge >= 0.3 is 5.97 Å². The number of hydrogen-bond acceptors (Lipinski definition) is 3. The Hall–Kier alpha value is -1.26. The summed E-state index contributed by atoms with van der Waals surface area (Å²) in [4.78, 5) is 11.1. The van der Waals surface area contributed by atoms with E-state index in [1.54, 1.807) is 18.2 Å². The molecule has 1 aromatic carbocycles. The molecule has 5 heteroatoms. The van der Waals surface area contributed by atoms with Crippen molar-refractivity contribution in [3.05, 3.63) is 28.8 Å². The van der Waals surface area contributed by atoms with Crippen LogP contribution >= 0.6 is 11.6 Å². The van der Waals surface area contributed by atoms with E-state index >= 15 is 0 Å². The summed E-state index contributed by atoms with van der Waals surface area (Å²) in [5, 5.41) is 21.5. The number of benzene rings is 1. The van der Waals surface area contributed by atoms with Gasteiger partial charge in [-0.25, -0.2) is 4.79 Å². The summed E-state index contributed by atoms with van der Waals surface area (Å²) in [6.45, 7) is 0.844. The van der Waals surface area contributed by atoms with Crippen LogP contribution in [-0.2, 0) is 0 Å². The van der Waals surface area contributed by atoms with Crippen molar-refractivity contribution in [2.24, 2.45) is 5.41 Å². The summed E-state index contributed by atoms with van der Waals surface area (Å²) < 4.78 is 0. The summed E-state index contributed by atoms with van der Waals surface area (Å²) in [5.74, 6) is -1.03. The predicted molar refractivity (Wildman–Crippen MR) is 70.3 cm³/mol. The highest BCUT2D eigenvalue weighted by Gasteiger charge is 2.41. The van der Waals surface area contributed by atoms with Gasteiger partial charge in [0.05, 0.1) is 10.7 Å². The number of aromatic carboxylic acids is 1. The molecule has 0 saturated heterocycles. The first-order valence-electron chi connectivity index (χ1n) is 5.94. The molecular weight excluding hydrogens is 254 g/mol. The third kappa shape index (κ3) is 2.76. The molecule has 1 aliphatic carbocycles. The zero-order valence-electron chi connectivity index (χ0n) is 9.95. The highest BCUT2D eigenvalue weighted by Crippen LogP contribution is 2.48. The largest absolute Gasteiger partial charge is 0.478 e. The molecule has 18 heavy (non-hydrogen) atoms. The van der Waals surface area contributed by atoms with Gasteiger partial charge in [0.25, 0.3) is 0 Å². The molecule has 4 nitrogen and oxygen atoms in total. The summed E-state index contributed by atoms with van der Waals surface area (Å²) in [6.07, 6.45) is 2.90. The second-order valence-corrected chi connectivity index (χ2v) is 5.20. The minimum absolute atomic E-state index is 0.110. The third-order valence-electron chi connectivity index (χ3n) is 3.48. The molecule has 98 valence electrons. The fourth-order valence-corrected chi connectivity index (χ4v) is 2.36. The fourth-order valence-electron chi connectivity index (χ4n) is 2.10. The molecule has 0 radical (unpaired) electrons. The first-order chi connectivity index (χ1) is 8.58. The summed E-state index contributed by atoms with van der Waals surface area (Å²) >= 11 is 5.89. The molecule has 1 aliphatic rings. The van der Waals surface area contributed by atoms with Crippen LogP contribution in [-0.4, -0.2) is 29.3 Å². The molecule has 1 saturated carbocycles. The number of carbonyl (C=O) groups is 1. The highest BCUT2D eigenvalue weighted by molar-refractivity contribution is 6.34. The van der Waals surface area contributed by atoms with Crippen molar-refractivity contribution in [1.29, 1.82) is 0 Å². The maximum absolute atomic E-state index is 11.1. The standard InChI is InChI=1S/C13H16ClNO3/c14-9-2-1-3-10(11(9)12(17)18)15-8-13(4-5-13)6-7-16/h1-3,15-16H,4-8H2,(H,17,18). The average Bonchev–Trinajstić information content (AvgIpc) is 3.07. The van der Waals surface area contributed by atoms with Gasteiger partial charge in [-0.05, 0) is 36.8 Å². The lowest BCUT2D eigenvalue weighted by atomic mass is 10.0. The second kappa shape index (κ2) is 5.16. The lowest BCUT2D eigenvalue weighted by molar-refractivity contribution is 0.0698. The molecular formula is C13H16ClNO3. The molecule has 0 aromatic heterocycles. The van der Waals surface area contributed by atoms with Crippen LogP contribution in [0.3, 0.4) is 0 Å². The van der Waals surface area contributed by atoms with Crippen molar-refractivity contribution < 1.29 is 15.0 Å². The summed E-state index contributed by atoms with van der Waals surface area (Å²) in [5.41, 5.74) is 0.783. The Balaban J connectivity index is 2.10. The van der Waals surface area contributed by atoms with E-state index in [0.717, 1.165) is 19.3 Å². The predicted octanol–water partition coefficient (Wildman–Crippen LogP) is 2.61. The first-order valence-corrected chi connectivity index (χ1v) is 6.32. The van der Waals surface area contributed by atoms with Gasteiger partial charge in [0.1, 0.15) is 5.56 Å². The quantitative estimate of drug-likeness (QED) is 0.742. The summed E-state index contributed by atoms with van der Waals surface area (Å²) in [6, 6.07) is 5.00. The molecule has 3 N–H and O–H groups in total. The van der Waals surface area contributed by atoms with Gasteiger partial charge in [-0.3, -0.25) is 0 Å². The van der Waals surface area contributed by atoms with Gasteiger partial charge < -0.3 is 15.5 Å². The van der Waals surface area contributed by atoms with E-state index in [-0.39, 0.29) is 22.6 Å². The van der Waals surface area contributed by atoms with Gasteiger partial charge in [0, 0.05) is 13.2 Å². The SMILES string of the molecule is O=C(O)c1c(Cl)cccc1NCC1(CCO)CC1. The van der Waals surface area contributed by atoms with E-state index in [2.05, 4.69) is 5.32 Å². The number of nitrogens with one attached hydrogen (secondary N) is 1. The van der Waals surface area contributed by atoms with E-state index in [1.165, 1.54) is 0 Å². The van der Waals surface area contributed by atoms with Crippen LogP contribution in [0.15, 0.2) is 18.2 Å². The van der Waals surface area contributed by atoms with Crippen LogP contribution in [0.5, 0.6) is 0 Å². The number of hydrogen-bond donors (Lipinski definition) is 3. The molecule has 0 spiro atoms. The molecule has 1 aromatic rings. The molecule has 1 fully saturated rings. The molecule has 0 aliphatic heterocycles. The van der Waals surface area contributed by atoms with Gasteiger partial charge in [-0.2, -0.15) is 0 Å². The van der Waals surface area contributed by atoms with Crippen molar-refractivity contribution >= 4 is 23.3 Å². The third-order valence-corrected chi connectivity index (χ3v) is 3.80. The average molecular weight is 270 g/mol. The maximum Gasteiger partial charge on any atom is 0.339 e. The van der Waals surface area contributed by atoms with Crippen molar-refractivity contribution in [1.82, 2.24) is 0 Å². The van der Waals surface area contributed by atoms with Gasteiger partial charge in [-0.1, -0.05) is 17.7 Å². The van der Waals surface area contributed by atoms with Crippen molar-refractivity contribution in [3.8, 4) is 0 Å². The molecule has 0 heterocycles. The van der Waals surface area contributed by atoms with Crippen molar-refractivity contribution in [2.75, 3.05) is 18.5 Å². The highest BCUT2D eigenvalue weighted by atomic mass is 35.5. The second-order valence-electron chi connectivity index (χ2n) is 4.79. The van der Waals surface area contributed by atoms with E-state index in [9.17, 15) is 4.79 Å². The number of carboxylic acid groups (broad SMARTS) is 1. The minimum atomic E-state index is -1.03. The van der Waals surface area contributed by atoms with E-state index in [4.69, 9.17) is 21.8 Å². The Morgan fingerprint density at radius 1 is 1.44 bits per heavy atom. The number of aliphatic hydroxyl groups is 1. The Morgan fingerprint density at radius 2 is 2.17 bits per heavy atom. The van der Waals surface area contributed by atoms with Crippen molar-refractivity contribution in [2.45, 2.75) is 19.3 Å². The molecule has 0 amide bonds. The number of rotatable bonds is 6.